The predicted molar refractivity (Wildman–Crippen MR) is 84.7 cm³/mol. The van der Waals surface area contributed by atoms with E-state index in [-0.39, 0.29) is 29.9 Å². The lowest BCUT2D eigenvalue weighted by molar-refractivity contribution is -0.140. The van der Waals surface area contributed by atoms with E-state index in [0.29, 0.717) is 19.7 Å². The summed E-state index contributed by atoms with van der Waals surface area (Å²) in [6.45, 7) is 3.42. The molecule has 2 aliphatic heterocycles. The first-order chi connectivity index (χ1) is 10.6. The van der Waals surface area contributed by atoms with Crippen LogP contribution in [-0.2, 0) is 20.7 Å². The van der Waals surface area contributed by atoms with Crippen LogP contribution in [0.5, 0.6) is 0 Å². The Labute approximate surface area is 134 Å². The molecule has 0 saturated carbocycles. The van der Waals surface area contributed by atoms with Crippen LogP contribution < -0.4 is 5.32 Å². The van der Waals surface area contributed by atoms with Gasteiger partial charge in [0.1, 0.15) is 0 Å². The average Bonchev–Trinajstić information content (AvgIpc) is 3.16. The van der Waals surface area contributed by atoms with E-state index in [1.165, 1.54) is 4.88 Å². The van der Waals surface area contributed by atoms with Crippen molar-refractivity contribution >= 4 is 23.2 Å². The molecular weight excluding hydrogens is 300 g/mol. The summed E-state index contributed by atoms with van der Waals surface area (Å²) in [5, 5.41) is 5.05. The molecule has 0 spiro atoms. The number of likely N-dealkylation sites (tertiary alicyclic amines) is 1. The molecule has 2 aliphatic rings. The normalized spacial score (nSPS) is 27.5. The molecule has 22 heavy (non-hydrogen) atoms. The summed E-state index contributed by atoms with van der Waals surface area (Å²) in [5.41, 5.74) is 0. The molecule has 5 nitrogen and oxygen atoms in total. The molecule has 120 valence electrons. The van der Waals surface area contributed by atoms with Gasteiger partial charge in [0.2, 0.25) is 11.8 Å². The first kappa shape index (κ1) is 15.5. The van der Waals surface area contributed by atoms with E-state index in [4.69, 9.17) is 4.74 Å². The minimum absolute atomic E-state index is 0.0192. The van der Waals surface area contributed by atoms with Crippen LogP contribution in [0.1, 0.15) is 24.6 Å². The van der Waals surface area contributed by atoms with Gasteiger partial charge in [-0.15, -0.1) is 11.3 Å². The zero-order valence-electron chi connectivity index (χ0n) is 12.8. The minimum atomic E-state index is -0.161. The van der Waals surface area contributed by atoms with E-state index in [2.05, 4.69) is 11.4 Å². The van der Waals surface area contributed by atoms with Crippen molar-refractivity contribution in [3.05, 3.63) is 22.4 Å². The number of carbonyl (C=O) groups excluding carboxylic acids is 2. The zero-order valence-corrected chi connectivity index (χ0v) is 13.6. The Morgan fingerprint density at radius 1 is 1.50 bits per heavy atom. The first-order valence-electron chi connectivity index (χ1n) is 7.84. The molecule has 0 unspecified atom stereocenters. The van der Waals surface area contributed by atoms with Gasteiger partial charge in [-0.1, -0.05) is 6.07 Å². The van der Waals surface area contributed by atoms with Gasteiger partial charge in [-0.3, -0.25) is 9.59 Å². The molecule has 1 aromatic heterocycles. The molecule has 2 saturated heterocycles. The van der Waals surface area contributed by atoms with Crippen molar-refractivity contribution in [3.8, 4) is 0 Å². The fourth-order valence-corrected chi connectivity index (χ4v) is 4.12. The van der Waals surface area contributed by atoms with Crippen molar-refractivity contribution in [2.45, 2.75) is 38.3 Å². The number of fused-ring (bicyclic) bond motifs is 1. The molecule has 1 N–H and O–H groups in total. The van der Waals surface area contributed by atoms with Crippen molar-refractivity contribution in [3.63, 3.8) is 0 Å². The van der Waals surface area contributed by atoms with Crippen molar-refractivity contribution in [2.24, 2.45) is 5.92 Å². The van der Waals surface area contributed by atoms with Gasteiger partial charge in [-0.25, -0.2) is 0 Å². The molecule has 1 aromatic rings. The zero-order chi connectivity index (χ0) is 15.5. The van der Waals surface area contributed by atoms with Crippen molar-refractivity contribution in [1.82, 2.24) is 10.2 Å². The summed E-state index contributed by atoms with van der Waals surface area (Å²) in [6, 6.07) is 4.25. The van der Waals surface area contributed by atoms with Gasteiger partial charge in [0.05, 0.1) is 18.1 Å². The maximum absolute atomic E-state index is 12.4. The second-order valence-corrected chi connectivity index (χ2v) is 7.02. The minimum Gasteiger partial charge on any atom is -0.376 e. The molecule has 0 bridgehead atoms. The molecule has 3 atom stereocenters. The smallest absolute Gasteiger partial charge is 0.225 e. The highest BCUT2D eigenvalue weighted by Crippen LogP contribution is 2.31. The average molecular weight is 322 g/mol. The number of thiophene rings is 1. The van der Waals surface area contributed by atoms with Crippen LogP contribution >= 0.6 is 11.3 Å². The lowest BCUT2D eigenvalue weighted by atomic mass is 9.89. The topological polar surface area (TPSA) is 58.6 Å². The molecule has 2 amide bonds. The van der Waals surface area contributed by atoms with Crippen LogP contribution in [0.4, 0.5) is 0 Å². The van der Waals surface area contributed by atoms with E-state index >= 15 is 0 Å². The van der Waals surface area contributed by atoms with E-state index in [0.717, 1.165) is 19.3 Å². The number of nitrogens with one attached hydrogen (secondary N) is 1. The number of amides is 2. The molecule has 0 aromatic carbocycles. The SMILES string of the molecule is CC(=O)N1C[C@@H](C(=O)NCCc2cccs2)C[C@H]2OCC[C@H]21. The largest absolute Gasteiger partial charge is 0.376 e. The summed E-state index contributed by atoms with van der Waals surface area (Å²) in [7, 11) is 0. The third kappa shape index (κ3) is 3.33. The quantitative estimate of drug-likeness (QED) is 0.912. The van der Waals surface area contributed by atoms with Gasteiger partial charge in [0.15, 0.2) is 0 Å². The summed E-state index contributed by atoms with van der Waals surface area (Å²) in [6.07, 6.45) is 2.48. The fraction of sp³-hybridized carbons (Fsp3) is 0.625. The van der Waals surface area contributed by atoms with E-state index in [1.54, 1.807) is 18.3 Å². The lowest BCUT2D eigenvalue weighted by Gasteiger charge is -2.39. The number of rotatable bonds is 4. The highest BCUT2D eigenvalue weighted by atomic mass is 32.1. The fourth-order valence-electron chi connectivity index (χ4n) is 3.41. The number of hydrogen-bond donors (Lipinski definition) is 1. The van der Waals surface area contributed by atoms with Crippen LogP contribution in [0.3, 0.4) is 0 Å². The highest BCUT2D eigenvalue weighted by Gasteiger charge is 2.43. The molecule has 2 fully saturated rings. The first-order valence-corrected chi connectivity index (χ1v) is 8.72. The summed E-state index contributed by atoms with van der Waals surface area (Å²) >= 11 is 1.70. The summed E-state index contributed by atoms with van der Waals surface area (Å²) < 4.78 is 5.71. The van der Waals surface area contributed by atoms with Crippen LogP contribution in [-0.4, -0.2) is 48.6 Å². The van der Waals surface area contributed by atoms with Gasteiger partial charge in [-0.05, 0) is 30.7 Å². The van der Waals surface area contributed by atoms with Gasteiger partial charge in [-0.2, -0.15) is 0 Å². The number of nitrogens with zero attached hydrogens (tertiary/aromatic N) is 1. The summed E-state index contributed by atoms with van der Waals surface area (Å²) in [5.74, 6) is -0.0834. The Morgan fingerprint density at radius 3 is 3.09 bits per heavy atom. The third-order valence-corrected chi connectivity index (χ3v) is 5.47. The highest BCUT2D eigenvalue weighted by molar-refractivity contribution is 7.09. The van der Waals surface area contributed by atoms with Crippen molar-refractivity contribution < 1.29 is 14.3 Å². The standard InChI is InChI=1S/C16H22N2O3S/c1-11(19)18-10-12(9-15-14(18)5-7-21-15)16(20)17-6-4-13-3-2-8-22-13/h2-3,8,12,14-15H,4-7,9-10H2,1H3,(H,17,20)/t12-,14+,15+/m0/s1. The van der Waals surface area contributed by atoms with Crippen LogP contribution in [0.2, 0.25) is 0 Å². The predicted octanol–water partition coefficient (Wildman–Crippen LogP) is 1.43. The third-order valence-electron chi connectivity index (χ3n) is 4.53. The monoisotopic (exact) mass is 322 g/mol. The molecule has 6 heteroatoms. The van der Waals surface area contributed by atoms with Crippen LogP contribution in [0.25, 0.3) is 0 Å². The summed E-state index contributed by atoms with van der Waals surface area (Å²) in [4.78, 5) is 27.3. The Kier molecular flexibility index (Phi) is 4.78. The van der Waals surface area contributed by atoms with Crippen LogP contribution in [0, 0.1) is 5.92 Å². The Bertz CT molecular complexity index is 532. The number of hydrogen-bond acceptors (Lipinski definition) is 4. The van der Waals surface area contributed by atoms with E-state index < -0.39 is 0 Å². The lowest BCUT2D eigenvalue weighted by Crippen LogP contribution is -2.54. The van der Waals surface area contributed by atoms with Gasteiger partial charge in [0, 0.05) is 31.5 Å². The molecule has 3 heterocycles. The number of ether oxygens (including phenoxy) is 1. The molecular formula is C16H22N2O3S. The Hall–Kier alpha value is -1.40. The Morgan fingerprint density at radius 2 is 2.36 bits per heavy atom. The van der Waals surface area contributed by atoms with E-state index in [1.807, 2.05) is 16.3 Å². The van der Waals surface area contributed by atoms with E-state index in [9.17, 15) is 9.59 Å². The molecule has 0 aliphatic carbocycles. The molecule has 3 rings (SSSR count). The van der Waals surface area contributed by atoms with Crippen molar-refractivity contribution in [2.75, 3.05) is 19.7 Å². The molecule has 0 radical (unpaired) electrons. The maximum Gasteiger partial charge on any atom is 0.225 e. The van der Waals surface area contributed by atoms with Gasteiger partial charge in [0.25, 0.3) is 0 Å². The van der Waals surface area contributed by atoms with Gasteiger partial charge >= 0.3 is 0 Å². The Balaban J connectivity index is 1.54. The van der Waals surface area contributed by atoms with Crippen LogP contribution in [0.15, 0.2) is 17.5 Å². The van der Waals surface area contributed by atoms with Crippen molar-refractivity contribution in [1.29, 1.82) is 0 Å². The van der Waals surface area contributed by atoms with Gasteiger partial charge < -0.3 is 15.0 Å². The second-order valence-electron chi connectivity index (χ2n) is 5.99. The number of piperidine rings is 1. The maximum atomic E-state index is 12.4. The number of carbonyl (C=O) groups is 2. The second kappa shape index (κ2) is 6.79.